The molecule has 0 saturated heterocycles. The second-order valence-electron chi connectivity index (χ2n) is 2.79. The highest BCUT2D eigenvalue weighted by Gasteiger charge is 2.05. The van der Waals surface area contributed by atoms with E-state index in [1.807, 2.05) is 6.92 Å². The molecule has 0 aliphatic heterocycles. The molecule has 0 bridgehead atoms. The van der Waals surface area contributed by atoms with E-state index >= 15 is 0 Å². The molecular formula is C9H12ClNO2S. The van der Waals surface area contributed by atoms with E-state index in [2.05, 4.69) is 4.98 Å². The van der Waals surface area contributed by atoms with Crippen LogP contribution in [0.25, 0.3) is 0 Å². The van der Waals surface area contributed by atoms with E-state index in [4.69, 9.17) is 16.3 Å². The smallest absolute Gasteiger partial charge is 0.305 e. The van der Waals surface area contributed by atoms with Gasteiger partial charge in [0, 0.05) is 17.7 Å². The molecule has 1 aromatic heterocycles. The Morgan fingerprint density at radius 1 is 1.71 bits per heavy atom. The molecule has 1 rings (SSSR count). The van der Waals surface area contributed by atoms with Gasteiger partial charge >= 0.3 is 5.97 Å². The number of hydrogen-bond donors (Lipinski definition) is 0. The summed E-state index contributed by atoms with van der Waals surface area (Å²) in [5, 5.41) is 0.515. The summed E-state index contributed by atoms with van der Waals surface area (Å²) in [6, 6.07) is 0. The van der Waals surface area contributed by atoms with Gasteiger partial charge in [-0.3, -0.25) is 4.79 Å². The molecular weight excluding hydrogens is 222 g/mol. The third-order valence-corrected chi connectivity index (χ3v) is 2.97. The van der Waals surface area contributed by atoms with Crippen molar-refractivity contribution in [3.8, 4) is 0 Å². The number of aromatic nitrogens is 1. The average Bonchev–Trinajstić information content (AvgIpc) is 2.52. The number of esters is 1. The maximum atomic E-state index is 11.0. The van der Waals surface area contributed by atoms with Crippen LogP contribution in [0.3, 0.4) is 0 Å². The van der Waals surface area contributed by atoms with Crippen molar-refractivity contribution in [2.45, 2.75) is 26.2 Å². The number of hydrogen-bond acceptors (Lipinski definition) is 4. The molecule has 0 aliphatic carbocycles. The molecule has 14 heavy (non-hydrogen) atoms. The molecule has 5 heteroatoms. The fourth-order valence-corrected chi connectivity index (χ4v) is 1.92. The first-order valence-corrected chi connectivity index (χ1v) is 5.73. The topological polar surface area (TPSA) is 39.2 Å². The zero-order chi connectivity index (χ0) is 10.4. The molecule has 0 spiro atoms. The van der Waals surface area contributed by atoms with E-state index in [9.17, 15) is 4.79 Å². The highest BCUT2D eigenvalue weighted by molar-refractivity contribution is 7.10. The van der Waals surface area contributed by atoms with Gasteiger partial charge in [0.1, 0.15) is 5.15 Å². The van der Waals surface area contributed by atoms with Crippen LogP contribution in [0.15, 0.2) is 5.51 Å². The van der Waals surface area contributed by atoms with Crippen molar-refractivity contribution in [3.63, 3.8) is 0 Å². The SMILES string of the molecule is CCCC(=O)OCCc1scnc1Cl. The second kappa shape index (κ2) is 5.98. The van der Waals surface area contributed by atoms with Gasteiger partial charge in [-0.25, -0.2) is 4.98 Å². The molecule has 0 atom stereocenters. The number of rotatable bonds is 5. The van der Waals surface area contributed by atoms with E-state index in [-0.39, 0.29) is 5.97 Å². The van der Waals surface area contributed by atoms with Gasteiger partial charge in [0.05, 0.1) is 12.1 Å². The lowest BCUT2D eigenvalue weighted by atomic mass is 10.3. The maximum Gasteiger partial charge on any atom is 0.305 e. The minimum Gasteiger partial charge on any atom is -0.465 e. The highest BCUT2D eigenvalue weighted by atomic mass is 35.5. The van der Waals surface area contributed by atoms with Crippen LogP contribution in [0.4, 0.5) is 0 Å². The van der Waals surface area contributed by atoms with Crippen molar-refractivity contribution in [3.05, 3.63) is 15.5 Å². The predicted molar refractivity (Wildman–Crippen MR) is 56.7 cm³/mol. The number of carbonyl (C=O) groups excluding carboxylic acids is 1. The Balaban J connectivity index is 2.22. The van der Waals surface area contributed by atoms with Gasteiger partial charge in [-0.15, -0.1) is 11.3 Å². The summed E-state index contributed by atoms with van der Waals surface area (Å²) in [6.45, 7) is 2.34. The van der Waals surface area contributed by atoms with Gasteiger partial charge in [0.15, 0.2) is 0 Å². The van der Waals surface area contributed by atoms with Crippen molar-refractivity contribution in [2.24, 2.45) is 0 Å². The first kappa shape index (κ1) is 11.5. The first-order chi connectivity index (χ1) is 6.74. The Labute approximate surface area is 92.1 Å². The Kier molecular flexibility index (Phi) is 4.90. The number of thiazole rings is 1. The second-order valence-corrected chi connectivity index (χ2v) is 4.08. The number of nitrogens with zero attached hydrogens (tertiary/aromatic N) is 1. The van der Waals surface area contributed by atoms with E-state index in [0.717, 1.165) is 11.3 Å². The molecule has 0 amide bonds. The fraction of sp³-hybridized carbons (Fsp3) is 0.556. The Bertz CT molecular complexity index is 301. The van der Waals surface area contributed by atoms with Gasteiger partial charge in [-0.05, 0) is 6.42 Å². The van der Waals surface area contributed by atoms with Gasteiger partial charge < -0.3 is 4.74 Å². The molecule has 0 aromatic carbocycles. The molecule has 0 aliphatic rings. The predicted octanol–water partition coefficient (Wildman–Crippen LogP) is 2.68. The monoisotopic (exact) mass is 233 g/mol. The van der Waals surface area contributed by atoms with Crippen molar-refractivity contribution >= 4 is 28.9 Å². The zero-order valence-electron chi connectivity index (χ0n) is 7.96. The summed E-state index contributed by atoms with van der Waals surface area (Å²) >= 11 is 7.26. The summed E-state index contributed by atoms with van der Waals surface area (Å²) in [7, 11) is 0. The number of carbonyl (C=O) groups is 1. The molecule has 0 unspecified atom stereocenters. The van der Waals surface area contributed by atoms with Gasteiger partial charge in [-0.2, -0.15) is 0 Å². The molecule has 1 heterocycles. The molecule has 0 N–H and O–H groups in total. The Morgan fingerprint density at radius 2 is 2.50 bits per heavy atom. The average molecular weight is 234 g/mol. The third kappa shape index (κ3) is 3.64. The molecule has 0 radical (unpaired) electrons. The quantitative estimate of drug-likeness (QED) is 0.734. The zero-order valence-corrected chi connectivity index (χ0v) is 9.53. The summed E-state index contributed by atoms with van der Waals surface area (Å²) < 4.78 is 4.99. The summed E-state index contributed by atoms with van der Waals surface area (Å²) in [5.41, 5.74) is 1.69. The molecule has 1 aromatic rings. The molecule has 0 saturated carbocycles. The van der Waals surface area contributed by atoms with Gasteiger partial charge in [-0.1, -0.05) is 18.5 Å². The van der Waals surface area contributed by atoms with Crippen LogP contribution in [0.1, 0.15) is 24.6 Å². The van der Waals surface area contributed by atoms with Crippen molar-refractivity contribution in [2.75, 3.05) is 6.61 Å². The van der Waals surface area contributed by atoms with Crippen LogP contribution in [0.2, 0.25) is 5.15 Å². The lowest BCUT2D eigenvalue weighted by molar-refractivity contribution is -0.143. The highest BCUT2D eigenvalue weighted by Crippen LogP contribution is 2.18. The molecule has 3 nitrogen and oxygen atoms in total. The lowest BCUT2D eigenvalue weighted by Crippen LogP contribution is -2.06. The van der Waals surface area contributed by atoms with E-state index in [1.165, 1.54) is 11.3 Å². The summed E-state index contributed by atoms with van der Waals surface area (Å²) in [5.74, 6) is -0.145. The lowest BCUT2D eigenvalue weighted by Gasteiger charge is -2.02. The fourth-order valence-electron chi connectivity index (χ4n) is 0.953. The largest absolute Gasteiger partial charge is 0.465 e. The summed E-state index contributed by atoms with van der Waals surface area (Å²) in [6.07, 6.45) is 1.95. The van der Waals surface area contributed by atoms with Crippen LogP contribution in [-0.4, -0.2) is 17.6 Å². The van der Waals surface area contributed by atoms with Crippen LogP contribution in [0, 0.1) is 0 Å². The van der Waals surface area contributed by atoms with E-state index in [0.29, 0.717) is 24.6 Å². The Hall–Kier alpha value is -0.610. The van der Waals surface area contributed by atoms with E-state index in [1.54, 1.807) is 5.51 Å². The minimum atomic E-state index is -0.145. The van der Waals surface area contributed by atoms with Crippen LogP contribution in [0.5, 0.6) is 0 Å². The van der Waals surface area contributed by atoms with Crippen molar-refractivity contribution in [1.29, 1.82) is 0 Å². The van der Waals surface area contributed by atoms with Crippen molar-refractivity contribution in [1.82, 2.24) is 4.98 Å². The van der Waals surface area contributed by atoms with Crippen LogP contribution >= 0.6 is 22.9 Å². The normalized spacial score (nSPS) is 10.1. The maximum absolute atomic E-state index is 11.0. The minimum absolute atomic E-state index is 0.145. The van der Waals surface area contributed by atoms with Gasteiger partial charge in [0.25, 0.3) is 0 Å². The molecule has 0 fully saturated rings. The Morgan fingerprint density at radius 3 is 3.07 bits per heavy atom. The van der Waals surface area contributed by atoms with E-state index < -0.39 is 0 Å². The number of ether oxygens (including phenoxy) is 1. The first-order valence-electron chi connectivity index (χ1n) is 4.47. The van der Waals surface area contributed by atoms with Crippen LogP contribution < -0.4 is 0 Å². The van der Waals surface area contributed by atoms with Gasteiger partial charge in [0.2, 0.25) is 0 Å². The number of halogens is 1. The third-order valence-electron chi connectivity index (χ3n) is 1.64. The molecule has 78 valence electrons. The van der Waals surface area contributed by atoms with Crippen molar-refractivity contribution < 1.29 is 9.53 Å². The van der Waals surface area contributed by atoms with Crippen LogP contribution in [-0.2, 0) is 16.0 Å². The summed E-state index contributed by atoms with van der Waals surface area (Å²) in [4.78, 5) is 15.9. The standard InChI is InChI=1S/C9H12ClNO2S/c1-2-3-8(12)13-5-4-7-9(10)11-6-14-7/h6H,2-5H2,1H3.